The molecule has 24 heavy (non-hydrogen) atoms. The molecular weight excluding hydrogens is 322 g/mol. The third kappa shape index (κ3) is 5.94. The molecule has 134 valence electrons. The zero-order chi connectivity index (χ0) is 17.4. The topological polar surface area (TPSA) is 63.1 Å². The maximum atomic E-state index is 11.8. The first-order chi connectivity index (χ1) is 11.6. The van der Waals surface area contributed by atoms with E-state index in [1.54, 1.807) is 0 Å². The molecule has 1 aromatic heterocycles. The number of hydrogen-bond acceptors (Lipinski definition) is 5. The van der Waals surface area contributed by atoms with Crippen LogP contribution in [0.5, 0.6) is 0 Å². The molecule has 2 rings (SSSR count). The molecule has 0 spiro atoms. The Morgan fingerprint density at radius 3 is 2.75 bits per heavy atom. The first-order valence-corrected chi connectivity index (χ1v) is 9.76. The summed E-state index contributed by atoms with van der Waals surface area (Å²) in [7, 11) is 0. The average molecular weight is 352 g/mol. The van der Waals surface area contributed by atoms with Gasteiger partial charge in [0.1, 0.15) is 5.82 Å². The standard InChI is InChI=1S/C17H29N5OS/c1-4-9-22-15(8-12-21-10-6-5-7-11-21)19-20-17(22)24-13-16(23)18-14(2)3/h4,14H,1,5-13H2,2-3H3,(H,18,23). The van der Waals surface area contributed by atoms with Crippen LogP contribution in [0.2, 0.25) is 0 Å². The van der Waals surface area contributed by atoms with E-state index >= 15 is 0 Å². The van der Waals surface area contributed by atoms with Crippen LogP contribution in [-0.4, -0.2) is 57.0 Å². The number of hydrogen-bond donors (Lipinski definition) is 1. The van der Waals surface area contributed by atoms with E-state index in [1.807, 2.05) is 19.9 Å². The summed E-state index contributed by atoms with van der Waals surface area (Å²) in [5.41, 5.74) is 0. The fraction of sp³-hybridized carbons (Fsp3) is 0.706. The van der Waals surface area contributed by atoms with E-state index in [4.69, 9.17) is 0 Å². The van der Waals surface area contributed by atoms with Crippen molar-refractivity contribution >= 4 is 17.7 Å². The summed E-state index contributed by atoms with van der Waals surface area (Å²) in [5, 5.41) is 12.3. The third-order valence-corrected chi connectivity index (χ3v) is 4.95. The molecule has 0 radical (unpaired) electrons. The molecule has 1 aromatic rings. The van der Waals surface area contributed by atoms with Crippen molar-refractivity contribution in [3.05, 3.63) is 18.5 Å². The number of nitrogens with one attached hydrogen (secondary N) is 1. The van der Waals surface area contributed by atoms with Crippen LogP contribution < -0.4 is 5.32 Å². The van der Waals surface area contributed by atoms with Gasteiger partial charge < -0.3 is 14.8 Å². The molecule has 0 saturated carbocycles. The van der Waals surface area contributed by atoms with E-state index in [0.717, 1.165) is 23.9 Å². The van der Waals surface area contributed by atoms with Crippen LogP contribution in [0.25, 0.3) is 0 Å². The van der Waals surface area contributed by atoms with Gasteiger partial charge in [-0.1, -0.05) is 24.3 Å². The van der Waals surface area contributed by atoms with E-state index in [1.165, 1.54) is 44.1 Å². The van der Waals surface area contributed by atoms with Gasteiger partial charge in [0.05, 0.1) is 5.75 Å². The van der Waals surface area contributed by atoms with E-state index in [0.29, 0.717) is 12.3 Å². The van der Waals surface area contributed by atoms with E-state index in [2.05, 4.69) is 31.6 Å². The number of likely N-dealkylation sites (tertiary alicyclic amines) is 1. The number of amides is 1. The summed E-state index contributed by atoms with van der Waals surface area (Å²) >= 11 is 1.44. The number of nitrogens with zero attached hydrogens (tertiary/aromatic N) is 4. The second-order valence-corrected chi connectivity index (χ2v) is 7.40. The smallest absolute Gasteiger partial charge is 0.230 e. The number of allylic oxidation sites excluding steroid dienone is 1. The summed E-state index contributed by atoms with van der Waals surface area (Å²) in [6.45, 7) is 11.8. The van der Waals surface area contributed by atoms with Gasteiger partial charge in [-0.15, -0.1) is 16.8 Å². The van der Waals surface area contributed by atoms with Crippen molar-refractivity contribution in [2.24, 2.45) is 0 Å². The molecule has 0 aromatic carbocycles. The maximum Gasteiger partial charge on any atom is 0.230 e. The Kier molecular flexibility index (Phi) is 7.78. The summed E-state index contributed by atoms with van der Waals surface area (Å²) in [6.07, 6.45) is 6.69. The second-order valence-electron chi connectivity index (χ2n) is 6.46. The van der Waals surface area contributed by atoms with Crippen LogP contribution in [0.3, 0.4) is 0 Å². The molecule has 6 nitrogen and oxygen atoms in total. The molecule has 1 aliphatic rings. The van der Waals surface area contributed by atoms with Gasteiger partial charge in [0.25, 0.3) is 0 Å². The van der Waals surface area contributed by atoms with Crippen molar-refractivity contribution in [2.45, 2.75) is 57.3 Å². The van der Waals surface area contributed by atoms with E-state index < -0.39 is 0 Å². The van der Waals surface area contributed by atoms with Gasteiger partial charge in [-0.2, -0.15) is 0 Å². The lowest BCUT2D eigenvalue weighted by atomic mass is 10.1. The fourth-order valence-electron chi connectivity index (χ4n) is 2.86. The molecule has 0 aliphatic carbocycles. The molecule has 1 N–H and O–H groups in total. The lowest BCUT2D eigenvalue weighted by Gasteiger charge is -2.26. The zero-order valence-electron chi connectivity index (χ0n) is 14.8. The highest BCUT2D eigenvalue weighted by atomic mass is 32.2. The van der Waals surface area contributed by atoms with Crippen molar-refractivity contribution in [1.82, 2.24) is 25.0 Å². The molecule has 1 saturated heterocycles. The van der Waals surface area contributed by atoms with Gasteiger partial charge in [-0.25, -0.2) is 0 Å². The van der Waals surface area contributed by atoms with Gasteiger partial charge in [-0.3, -0.25) is 4.79 Å². The van der Waals surface area contributed by atoms with Crippen molar-refractivity contribution in [1.29, 1.82) is 0 Å². The Morgan fingerprint density at radius 1 is 1.33 bits per heavy atom. The molecule has 2 heterocycles. The third-order valence-electron chi connectivity index (χ3n) is 3.99. The maximum absolute atomic E-state index is 11.8. The quantitative estimate of drug-likeness (QED) is 0.545. The van der Waals surface area contributed by atoms with Crippen molar-refractivity contribution < 1.29 is 4.79 Å². The molecule has 0 unspecified atom stereocenters. The number of carbonyl (C=O) groups is 1. The SMILES string of the molecule is C=CCn1c(CCN2CCCCC2)nnc1SCC(=O)NC(C)C. The fourth-order valence-corrected chi connectivity index (χ4v) is 3.64. The summed E-state index contributed by atoms with van der Waals surface area (Å²) in [5.74, 6) is 1.37. The average Bonchev–Trinajstić information content (AvgIpc) is 2.94. The zero-order valence-corrected chi connectivity index (χ0v) is 15.6. The first-order valence-electron chi connectivity index (χ1n) is 8.77. The summed E-state index contributed by atoms with van der Waals surface area (Å²) < 4.78 is 2.07. The van der Waals surface area contributed by atoms with Crippen molar-refractivity contribution in [3.63, 3.8) is 0 Å². The lowest BCUT2D eigenvalue weighted by Crippen LogP contribution is -2.32. The molecule has 1 aliphatic heterocycles. The van der Waals surface area contributed by atoms with Crippen molar-refractivity contribution in [2.75, 3.05) is 25.4 Å². The number of rotatable bonds is 9. The van der Waals surface area contributed by atoms with Gasteiger partial charge in [0.2, 0.25) is 5.91 Å². The molecule has 0 atom stereocenters. The monoisotopic (exact) mass is 351 g/mol. The molecular formula is C17H29N5OS. The number of carbonyl (C=O) groups excluding carboxylic acids is 1. The van der Waals surface area contributed by atoms with Crippen LogP contribution in [0, 0.1) is 0 Å². The highest BCUT2D eigenvalue weighted by Gasteiger charge is 2.16. The lowest BCUT2D eigenvalue weighted by molar-refractivity contribution is -0.119. The van der Waals surface area contributed by atoms with Crippen LogP contribution in [0.1, 0.15) is 38.9 Å². The predicted molar refractivity (Wildman–Crippen MR) is 98.2 cm³/mol. The predicted octanol–water partition coefficient (Wildman–Crippen LogP) is 2.11. The summed E-state index contributed by atoms with van der Waals surface area (Å²) in [4.78, 5) is 14.3. The molecule has 7 heteroatoms. The Bertz CT molecular complexity index is 537. The largest absolute Gasteiger partial charge is 0.353 e. The molecule has 1 fully saturated rings. The highest BCUT2D eigenvalue weighted by molar-refractivity contribution is 7.99. The van der Waals surface area contributed by atoms with Crippen LogP contribution in [0.15, 0.2) is 17.8 Å². The minimum atomic E-state index is 0.0259. The highest BCUT2D eigenvalue weighted by Crippen LogP contribution is 2.18. The Hall–Kier alpha value is -1.34. The van der Waals surface area contributed by atoms with E-state index in [9.17, 15) is 4.79 Å². The van der Waals surface area contributed by atoms with Crippen LogP contribution in [0.4, 0.5) is 0 Å². The second kappa shape index (κ2) is 9.84. The summed E-state index contributed by atoms with van der Waals surface area (Å²) in [6, 6.07) is 0.157. The number of thioether (sulfide) groups is 1. The Balaban J connectivity index is 1.92. The molecule has 0 bridgehead atoms. The normalized spacial score (nSPS) is 15.6. The number of aromatic nitrogens is 3. The van der Waals surface area contributed by atoms with Crippen molar-refractivity contribution in [3.8, 4) is 0 Å². The van der Waals surface area contributed by atoms with Crippen LogP contribution in [-0.2, 0) is 17.8 Å². The van der Waals surface area contributed by atoms with Gasteiger partial charge in [-0.05, 0) is 39.8 Å². The minimum absolute atomic E-state index is 0.0259. The Morgan fingerprint density at radius 2 is 2.08 bits per heavy atom. The molecule has 1 amide bonds. The minimum Gasteiger partial charge on any atom is -0.353 e. The van der Waals surface area contributed by atoms with Crippen LogP contribution >= 0.6 is 11.8 Å². The van der Waals surface area contributed by atoms with Gasteiger partial charge in [0, 0.05) is 25.6 Å². The number of piperidine rings is 1. The van der Waals surface area contributed by atoms with E-state index in [-0.39, 0.29) is 11.9 Å². The first kappa shape index (κ1) is 19.0. The van der Waals surface area contributed by atoms with Gasteiger partial charge >= 0.3 is 0 Å². The van der Waals surface area contributed by atoms with Gasteiger partial charge in [0.15, 0.2) is 5.16 Å². The Labute approximate surface area is 149 Å².